The molecule has 0 aromatic heterocycles. The molecule has 1 aromatic rings. The second-order valence-corrected chi connectivity index (χ2v) is 5.69. The molecule has 1 aliphatic rings. The minimum atomic E-state index is -5.08. The molecule has 26 heavy (non-hydrogen) atoms. The van der Waals surface area contributed by atoms with Gasteiger partial charge in [0.15, 0.2) is 0 Å². The summed E-state index contributed by atoms with van der Waals surface area (Å²) in [6.07, 6.45) is -5.08. The van der Waals surface area contributed by atoms with Gasteiger partial charge in [-0.25, -0.2) is 4.79 Å². The molecular formula is C15H23BF3N3O4. The first-order valence-electron chi connectivity index (χ1n) is 8.09. The standard InChI is InChI=1S/C13H22BN3O2.C2HF3O2/c18-14(19)13-3-1-12(2-4-13)11-17-9-7-15-5-6-16-8-10-17;3-2(4,5)1(6)7/h1-4,15-16,18-19H,5-11H2;(H,6,7). The summed E-state index contributed by atoms with van der Waals surface area (Å²) < 4.78 is 31.7. The lowest BCUT2D eigenvalue weighted by atomic mass is 9.80. The van der Waals surface area contributed by atoms with Crippen molar-refractivity contribution in [3.8, 4) is 0 Å². The summed E-state index contributed by atoms with van der Waals surface area (Å²) in [5, 5.41) is 32.0. The Labute approximate surface area is 150 Å². The number of rotatable bonds is 3. The minimum absolute atomic E-state index is 0.538. The zero-order valence-electron chi connectivity index (χ0n) is 14.2. The summed E-state index contributed by atoms with van der Waals surface area (Å²) in [4.78, 5) is 11.3. The maximum Gasteiger partial charge on any atom is 0.490 e. The third-order valence-electron chi connectivity index (χ3n) is 3.61. The number of carboxylic acid groups (broad SMARTS) is 1. The topological polar surface area (TPSA) is 105 Å². The van der Waals surface area contributed by atoms with Crippen LogP contribution in [0.2, 0.25) is 0 Å². The highest BCUT2D eigenvalue weighted by Crippen LogP contribution is 2.13. The van der Waals surface area contributed by atoms with Gasteiger partial charge in [-0.05, 0) is 11.0 Å². The van der Waals surface area contributed by atoms with E-state index in [2.05, 4.69) is 15.5 Å². The maximum absolute atomic E-state index is 10.6. The van der Waals surface area contributed by atoms with Crippen molar-refractivity contribution in [3.63, 3.8) is 0 Å². The fourth-order valence-electron chi connectivity index (χ4n) is 2.22. The summed E-state index contributed by atoms with van der Waals surface area (Å²) in [7, 11) is -1.38. The number of hydrogen-bond acceptors (Lipinski definition) is 6. The summed E-state index contributed by atoms with van der Waals surface area (Å²) in [5.74, 6) is -2.76. The minimum Gasteiger partial charge on any atom is -0.475 e. The summed E-state index contributed by atoms with van der Waals surface area (Å²) in [5.41, 5.74) is 1.74. The van der Waals surface area contributed by atoms with Gasteiger partial charge in [-0.2, -0.15) is 13.2 Å². The number of nitrogens with one attached hydrogen (secondary N) is 2. The molecule has 5 N–H and O–H groups in total. The van der Waals surface area contributed by atoms with Crippen LogP contribution in [0.15, 0.2) is 24.3 Å². The molecule has 0 spiro atoms. The third-order valence-corrected chi connectivity index (χ3v) is 3.61. The predicted molar refractivity (Wildman–Crippen MR) is 91.0 cm³/mol. The number of hydrogen-bond donors (Lipinski definition) is 5. The number of carbonyl (C=O) groups is 1. The second kappa shape index (κ2) is 11.1. The Hall–Kier alpha value is -1.66. The fraction of sp³-hybridized carbons (Fsp3) is 0.533. The lowest BCUT2D eigenvalue weighted by Gasteiger charge is -2.21. The van der Waals surface area contributed by atoms with Crippen LogP contribution < -0.4 is 16.1 Å². The van der Waals surface area contributed by atoms with Crippen molar-refractivity contribution in [3.05, 3.63) is 29.8 Å². The van der Waals surface area contributed by atoms with E-state index in [1.807, 2.05) is 12.1 Å². The van der Waals surface area contributed by atoms with E-state index in [1.165, 1.54) is 5.56 Å². The van der Waals surface area contributed by atoms with Crippen LogP contribution in [0, 0.1) is 0 Å². The Morgan fingerprint density at radius 3 is 1.88 bits per heavy atom. The molecule has 0 radical (unpaired) electrons. The first-order chi connectivity index (χ1) is 12.2. The van der Waals surface area contributed by atoms with E-state index in [-0.39, 0.29) is 0 Å². The van der Waals surface area contributed by atoms with Crippen molar-refractivity contribution in [1.82, 2.24) is 15.5 Å². The first kappa shape index (κ1) is 22.4. The van der Waals surface area contributed by atoms with Gasteiger partial charge in [-0.3, -0.25) is 4.90 Å². The van der Waals surface area contributed by atoms with Crippen molar-refractivity contribution >= 4 is 18.6 Å². The number of benzene rings is 1. The van der Waals surface area contributed by atoms with Crippen LogP contribution in [0.5, 0.6) is 0 Å². The molecule has 0 bridgehead atoms. The summed E-state index contributed by atoms with van der Waals surface area (Å²) in [6.45, 7) is 7.03. The zero-order valence-corrected chi connectivity index (χ0v) is 14.2. The molecule has 1 saturated heterocycles. The molecule has 11 heteroatoms. The molecular weight excluding hydrogens is 354 g/mol. The molecule has 0 atom stereocenters. The summed E-state index contributed by atoms with van der Waals surface area (Å²) in [6, 6.07) is 7.46. The normalized spacial score (nSPS) is 16.5. The van der Waals surface area contributed by atoms with Crippen molar-refractivity contribution in [1.29, 1.82) is 0 Å². The largest absolute Gasteiger partial charge is 0.490 e. The van der Waals surface area contributed by atoms with Crippen LogP contribution >= 0.6 is 0 Å². The van der Waals surface area contributed by atoms with E-state index in [1.54, 1.807) is 12.1 Å². The van der Waals surface area contributed by atoms with Crippen LogP contribution in [0.25, 0.3) is 0 Å². The van der Waals surface area contributed by atoms with Gasteiger partial charge in [0, 0.05) is 45.8 Å². The van der Waals surface area contributed by atoms with Gasteiger partial charge < -0.3 is 25.8 Å². The Kier molecular flexibility index (Phi) is 9.59. The molecule has 0 amide bonds. The van der Waals surface area contributed by atoms with Gasteiger partial charge in [-0.15, -0.1) is 0 Å². The number of aliphatic carboxylic acids is 1. The van der Waals surface area contributed by atoms with Crippen molar-refractivity contribution in [2.75, 3.05) is 39.3 Å². The van der Waals surface area contributed by atoms with Gasteiger partial charge in [0.1, 0.15) is 0 Å². The molecule has 1 aliphatic heterocycles. The van der Waals surface area contributed by atoms with Crippen LogP contribution in [-0.4, -0.2) is 78.6 Å². The number of nitrogens with zero attached hydrogens (tertiary/aromatic N) is 1. The predicted octanol–water partition coefficient (Wildman–Crippen LogP) is -1.01. The van der Waals surface area contributed by atoms with Crippen LogP contribution in [0.4, 0.5) is 13.2 Å². The van der Waals surface area contributed by atoms with Gasteiger partial charge in [-0.1, -0.05) is 24.3 Å². The Morgan fingerprint density at radius 1 is 1.04 bits per heavy atom. The van der Waals surface area contributed by atoms with Gasteiger partial charge in [0.25, 0.3) is 0 Å². The first-order valence-corrected chi connectivity index (χ1v) is 8.09. The molecule has 1 fully saturated rings. The van der Waals surface area contributed by atoms with E-state index in [0.717, 1.165) is 45.8 Å². The molecule has 0 unspecified atom stereocenters. The van der Waals surface area contributed by atoms with E-state index in [4.69, 9.17) is 19.9 Å². The number of alkyl halides is 3. The van der Waals surface area contributed by atoms with E-state index >= 15 is 0 Å². The highest BCUT2D eigenvalue weighted by atomic mass is 19.4. The summed E-state index contributed by atoms with van der Waals surface area (Å²) >= 11 is 0. The SMILES string of the molecule is O=C(O)C(F)(F)F.OB(O)c1ccc(CN2CCNCCNCC2)cc1. The van der Waals surface area contributed by atoms with E-state index in [9.17, 15) is 13.2 Å². The molecule has 2 rings (SSSR count). The van der Waals surface area contributed by atoms with E-state index < -0.39 is 19.3 Å². The van der Waals surface area contributed by atoms with Crippen molar-refractivity contribution in [2.24, 2.45) is 0 Å². The Balaban J connectivity index is 0.000000412. The third kappa shape index (κ3) is 9.16. The maximum atomic E-state index is 10.6. The van der Waals surface area contributed by atoms with Crippen LogP contribution in [0.3, 0.4) is 0 Å². The molecule has 146 valence electrons. The average molecular weight is 377 g/mol. The molecule has 7 nitrogen and oxygen atoms in total. The number of carboxylic acids is 1. The van der Waals surface area contributed by atoms with Gasteiger partial charge in [0.05, 0.1) is 0 Å². The second-order valence-electron chi connectivity index (χ2n) is 5.69. The zero-order chi connectivity index (χ0) is 19.6. The molecule has 0 saturated carbocycles. The Morgan fingerprint density at radius 2 is 1.50 bits per heavy atom. The quantitative estimate of drug-likeness (QED) is 0.430. The fourth-order valence-corrected chi connectivity index (χ4v) is 2.22. The monoisotopic (exact) mass is 377 g/mol. The lowest BCUT2D eigenvalue weighted by Crippen LogP contribution is -2.34. The number of halogens is 3. The van der Waals surface area contributed by atoms with E-state index in [0.29, 0.717) is 5.46 Å². The molecule has 0 aliphatic carbocycles. The van der Waals surface area contributed by atoms with Crippen molar-refractivity contribution < 1.29 is 33.1 Å². The van der Waals surface area contributed by atoms with Crippen molar-refractivity contribution in [2.45, 2.75) is 12.7 Å². The highest BCUT2D eigenvalue weighted by molar-refractivity contribution is 6.58. The Bertz CT molecular complexity index is 534. The molecule has 1 aromatic carbocycles. The van der Waals surface area contributed by atoms with Crippen LogP contribution in [0.1, 0.15) is 5.56 Å². The van der Waals surface area contributed by atoms with Gasteiger partial charge >= 0.3 is 19.3 Å². The van der Waals surface area contributed by atoms with Gasteiger partial charge in [0.2, 0.25) is 0 Å². The smallest absolute Gasteiger partial charge is 0.475 e. The highest BCUT2D eigenvalue weighted by Gasteiger charge is 2.38. The van der Waals surface area contributed by atoms with Crippen LogP contribution in [-0.2, 0) is 11.3 Å². The molecule has 1 heterocycles. The lowest BCUT2D eigenvalue weighted by molar-refractivity contribution is -0.192. The average Bonchev–Trinajstić information content (AvgIpc) is 2.69.